The highest BCUT2D eigenvalue weighted by Crippen LogP contribution is 2.24. The van der Waals surface area contributed by atoms with Crippen molar-refractivity contribution >= 4 is 0 Å². The normalized spacial score (nSPS) is 12.4. The van der Waals surface area contributed by atoms with Gasteiger partial charge in [0, 0.05) is 17.5 Å². The number of aryl methyl sites for hydroxylation is 1. The molecule has 0 fully saturated rings. The van der Waals surface area contributed by atoms with E-state index in [1.165, 1.54) is 12.1 Å². The van der Waals surface area contributed by atoms with E-state index < -0.39 is 17.7 Å². The molecule has 94 valence electrons. The third kappa shape index (κ3) is 2.37. The lowest BCUT2D eigenvalue weighted by Crippen LogP contribution is -2.29. The Bertz CT molecular complexity index is 540. The highest BCUT2D eigenvalue weighted by Gasteiger charge is 2.18. The molecule has 0 amide bonds. The number of aromatic nitrogens is 1. The van der Waals surface area contributed by atoms with Crippen LogP contribution in [0.25, 0.3) is 0 Å². The zero-order valence-electron chi connectivity index (χ0n) is 9.82. The van der Waals surface area contributed by atoms with Crippen molar-refractivity contribution in [1.29, 1.82) is 0 Å². The molecule has 0 spiro atoms. The topological polar surface area (TPSA) is 50.9 Å². The van der Waals surface area contributed by atoms with Gasteiger partial charge in [-0.15, -0.1) is 0 Å². The smallest absolute Gasteiger partial charge is 0.163 e. The van der Waals surface area contributed by atoms with E-state index in [2.05, 4.69) is 10.4 Å². The lowest BCUT2D eigenvalue weighted by Gasteiger charge is -2.17. The molecule has 1 atom stereocenters. The van der Waals surface area contributed by atoms with Crippen molar-refractivity contribution in [1.82, 2.24) is 10.4 Å². The Morgan fingerprint density at radius 2 is 2.00 bits per heavy atom. The summed E-state index contributed by atoms with van der Waals surface area (Å²) in [6, 6.07) is 6.94. The highest BCUT2D eigenvalue weighted by molar-refractivity contribution is 5.32. The standard InChI is InChI=1S/C13H13F2N3/c1-8-5-6-9(7-17-8)13(18-16)10-3-2-4-11(14)12(10)15/h2-7,13,18H,16H2,1H3. The number of nitrogens with zero attached hydrogens (tertiary/aromatic N) is 1. The Morgan fingerprint density at radius 1 is 1.22 bits per heavy atom. The summed E-state index contributed by atoms with van der Waals surface area (Å²) in [5.74, 6) is 3.63. The van der Waals surface area contributed by atoms with E-state index in [9.17, 15) is 8.78 Å². The van der Waals surface area contributed by atoms with Crippen LogP contribution in [0.2, 0.25) is 0 Å². The van der Waals surface area contributed by atoms with E-state index in [0.717, 1.165) is 11.8 Å². The Labute approximate surface area is 104 Å². The van der Waals surface area contributed by atoms with Gasteiger partial charge in [-0.05, 0) is 24.6 Å². The van der Waals surface area contributed by atoms with Gasteiger partial charge in [-0.2, -0.15) is 0 Å². The van der Waals surface area contributed by atoms with Gasteiger partial charge >= 0.3 is 0 Å². The molecule has 1 aromatic heterocycles. The van der Waals surface area contributed by atoms with Crippen LogP contribution in [0.1, 0.15) is 22.9 Å². The zero-order chi connectivity index (χ0) is 13.1. The summed E-state index contributed by atoms with van der Waals surface area (Å²) in [5.41, 5.74) is 4.15. The minimum Gasteiger partial charge on any atom is -0.271 e. The molecule has 1 aromatic carbocycles. The van der Waals surface area contributed by atoms with Gasteiger partial charge in [0.25, 0.3) is 0 Å². The molecule has 0 radical (unpaired) electrons. The van der Waals surface area contributed by atoms with Crippen LogP contribution in [0.5, 0.6) is 0 Å². The predicted molar refractivity (Wildman–Crippen MR) is 64.5 cm³/mol. The number of rotatable bonds is 3. The molecule has 0 aliphatic rings. The molecule has 2 aromatic rings. The van der Waals surface area contributed by atoms with Gasteiger partial charge in [0.2, 0.25) is 0 Å². The Balaban J connectivity index is 2.45. The average Bonchev–Trinajstić information content (AvgIpc) is 2.37. The van der Waals surface area contributed by atoms with E-state index >= 15 is 0 Å². The molecule has 3 nitrogen and oxygen atoms in total. The molecular formula is C13H13F2N3. The maximum atomic E-state index is 13.7. The Kier molecular flexibility index (Phi) is 3.64. The lowest BCUT2D eigenvalue weighted by molar-refractivity contribution is 0.483. The maximum Gasteiger partial charge on any atom is 0.163 e. The minimum atomic E-state index is -0.902. The van der Waals surface area contributed by atoms with Crippen LogP contribution in [-0.4, -0.2) is 4.98 Å². The fourth-order valence-electron chi connectivity index (χ4n) is 1.76. The Hall–Kier alpha value is -1.85. The zero-order valence-corrected chi connectivity index (χ0v) is 9.82. The quantitative estimate of drug-likeness (QED) is 0.647. The summed E-state index contributed by atoms with van der Waals surface area (Å²) >= 11 is 0. The molecule has 3 N–H and O–H groups in total. The molecule has 18 heavy (non-hydrogen) atoms. The number of nitrogens with two attached hydrogens (primary N) is 1. The van der Waals surface area contributed by atoms with E-state index in [1.807, 2.05) is 6.92 Å². The molecule has 0 aliphatic carbocycles. The van der Waals surface area contributed by atoms with Crippen molar-refractivity contribution in [2.45, 2.75) is 13.0 Å². The van der Waals surface area contributed by atoms with E-state index in [-0.39, 0.29) is 5.56 Å². The molecule has 0 aliphatic heterocycles. The third-order valence-corrected chi connectivity index (χ3v) is 2.73. The number of hydrogen-bond acceptors (Lipinski definition) is 3. The second kappa shape index (κ2) is 5.20. The van der Waals surface area contributed by atoms with Crippen LogP contribution >= 0.6 is 0 Å². The van der Waals surface area contributed by atoms with Gasteiger partial charge in [-0.1, -0.05) is 18.2 Å². The van der Waals surface area contributed by atoms with Crippen molar-refractivity contribution in [2.75, 3.05) is 0 Å². The van der Waals surface area contributed by atoms with Gasteiger partial charge in [-0.3, -0.25) is 10.8 Å². The first-order chi connectivity index (χ1) is 8.63. The van der Waals surface area contributed by atoms with Gasteiger partial charge in [0.1, 0.15) is 0 Å². The summed E-state index contributed by atoms with van der Waals surface area (Å²) in [6.07, 6.45) is 1.59. The molecule has 1 unspecified atom stereocenters. The van der Waals surface area contributed by atoms with Crippen LogP contribution < -0.4 is 11.3 Å². The molecule has 0 saturated heterocycles. The molecule has 5 heteroatoms. The van der Waals surface area contributed by atoms with Gasteiger partial charge in [0.05, 0.1) is 6.04 Å². The molecule has 0 saturated carbocycles. The second-order valence-electron chi connectivity index (χ2n) is 3.98. The van der Waals surface area contributed by atoms with Gasteiger partial charge < -0.3 is 0 Å². The van der Waals surface area contributed by atoms with Crippen LogP contribution in [0.4, 0.5) is 8.78 Å². The monoisotopic (exact) mass is 249 g/mol. The number of benzene rings is 1. The molecule has 1 heterocycles. The number of nitrogens with one attached hydrogen (secondary N) is 1. The van der Waals surface area contributed by atoms with Crippen molar-refractivity contribution in [3.8, 4) is 0 Å². The Morgan fingerprint density at radius 3 is 2.61 bits per heavy atom. The fourth-order valence-corrected chi connectivity index (χ4v) is 1.76. The second-order valence-corrected chi connectivity index (χ2v) is 3.98. The number of pyridine rings is 1. The molecule has 2 rings (SSSR count). The van der Waals surface area contributed by atoms with E-state index in [1.54, 1.807) is 18.3 Å². The van der Waals surface area contributed by atoms with E-state index in [4.69, 9.17) is 5.84 Å². The van der Waals surface area contributed by atoms with Crippen molar-refractivity contribution in [3.05, 3.63) is 65.0 Å². The van der Waals surface area contributed by atoms with E-state index in [0.29, 0.717) is 5.56 Å². The summed E-state index contributed by atoms with van der Waals surface area (Å²) in [5, 5.41) is 0. The first kappa shape index (κ1) is 12.6. The first-order valence-corrected chi connectivity index (χ1v) is 5.46. The summed E-state index contributed by atoms with van der Waals surface area (Å²) in [6.45, 7) is 1.84. The number of hydrazine groups is 1. The predicted octanol–water partition coefficient (Wildman–Crippen LogP) is 2.22. The van der Waals surface area contributed by atoms with Crippen LogP contribution in [0.3, 0.4) is 0 Å². The molecule has 0 bridgehead atoms. The first-order valence-electron chi connectivity index (χ1n) is 5.46. The fraction of sp³-hybridized carbons (Fsp3) is 0.154. The number of hydrogen-bond donors (Lipinski definition) is 2. The van der Waals surface area contributed by atoms with Crippen LogP contribution in [0.15, 0.2) is 36.5 Å². The van der Waals surface area contributed by atoms with Crippen molar-refractivity contribution in [3.63, 3.8) is 0 Å². The third-order valence-electron chi connectivity index (χ3n) is 2.73. The maximum absolute atomic E-state index is 13.7. The van der Waals surface area contributed by atoms with Crippen molar-refractivity contribution < 1.29 is 8.78 Å². The largest absolute Gasteiger partial charge is 0.271 e. The average molecular weight is 249 g/mol. The lowest BCUT2D eigenvalue weighted by atomic mass is 10.00. The summed E-state index contributed by atoms with van der Waals surface area (Å²) in [7, 11) is 0. The van der Waals surface area contributed by atoms with Crippen LogP contribution in [0, 0.1) is 18.6 Å². The summed E-state index contributed by atoms with van der Waals surface area (Å²) in [4.78, 5) is 4.11. The van der Waals surface area contributed by atoms with Crippen LogP contribution in [-0.2, 0) is 0 Å². The van der Waals surface area contributed by atoms with Crippen molar-refractivity contribution in [2.24, 2.45) is 5.84 Å². The minimum absolute atomic E-state index is 0.156. The van der Waals surface area contributed by atoms with Gasteiger partial charge in [0.15, 0.2) is 11.6 Å². The highest BCUT2D eigenvalue weighted by atomic mass is 19.2. The SMILES string of the molecule is Cc1ccc(C(NN)c2cccc(F)c2F)cn1. The number of halogens is 2. The summed E-state index contributed by atoms with van der Waals surface area (Å²) < 4.78 is 26.9. The molecular weight excluding hydrogens is 236 g/mol. The van der Waals surface area contributed by atoms with Gasteiger partial charge in [-0.25, -0.2) is 14.2 Å².